The summed E-state index contributed by atoms with van der Waals surface area (Å²) < 4.78 is 5.57. The summed E-state index contributed by atoms with van der Waals surface area (Å²) in [5.41, 5.74) is 8.10. The predicted molar refractivity (Wildman–Crippen MR) is 71.6 cm³/mol. The quantitative estimate of drug-likeness (QED) is 0.872. The van der Waals surface area contributed by atoms with Crippen LogP contribution < -0.4 is 5.73 Å². The van der Waals surface area contributed by atoms with Gasteiger partial charge in [0.25, 0.3) is 0 Å². The van der Waals surface area contributed by atoms with Gasteiger partial charge in [-0.25, -0.2) is 4.98 Å². The fraction of sp³-hybridized carbons (Fsp3) is 0.143. The zero-order chi connectivity index (χ0) is 12.8. The maximum absolute atomic E-state index is 5.57. The first-order valence-corrected chi connectivity index (χ1v) is 5.63. The Kier molecular flexibility index (Phi) is 4.04. The molecule has 0 aliphatic heterocycles. The monoisotopic (exact) mass is 241 g/mol. The Morgan fingerprint density at radius 3 is 2.61 bits per heavy atom. The molecule has 1 heterocycles. The Hall–Kier alpha value is -2.20. The minimum absolute atomic E-state index is 0.400. The minimum atomic E-state index is 0.400. The van der Waals surface area contributed by atoms with E-state index >= 15 is 0 Å². The molecule has 0 unspecified atom stereocenters. The van der Waals surface area contributed by atoms with Crippen molar-refractivity contribution in [2.45, 2.75) is 6.61 Å². The molecule has 0 aliphatic rings. The van der Waals surface area contributed by atoms with E-state index in [9.17, 15) is 0 Å². The molecule has 4 heteroatoms. The topological polar surface area (TPSA) is 61.0 Å². The number of aromatic nitrogens is 2. The summed E-state index contributed by atoms with van der Waals surface area (Å²) in [5, 5.41) is 0. The van der Waals surface area contributed by atoms with Crippen LogP contribution in [0.1, 0.15) is 11.3 Å². The molecule has 2 rings (SSSR count). The number of benzene rings is 1. The second kappa shape index (κ2) is 5.93. The zero-order valence-electron chi connectivity index (χ0n) is 10.0. The van der Waals surface area contributed by atoms with Crippen molar-refractivity contribution < 1.29 is 4.74 Å². The lowest BCUT2D eigenvalue weighted by Crippen LogP contribution is -2.01. The summed E-state index contributed by atoms with van der Waals surface area (Å²) >= 11 is 0. The molecule has 0 fully saturated rings. The van der Waals surface area contributed by atoms with Gasteiger partial charge in [-0.3, -0.25) is 4.98 Å². The van der Waals surface area contributed by atoms with Crippen molar-refractivity contribution in [2.75, 3.05) is 12.3 Å². The first-order chi connectivity index (χ1) is 8.75. The second-order valence-corrected chi connectivity index (χ2v) is 3.91. The van der Waals surface area contributed by atoms with Crippen LogP contribution >= 0.6 is 0 Å². The molecule has 1 aromatic heterocycles. The Bertz CT molecular complexity index is 508. The third kappa shape index (κ3) is 3.40. The van der Waals surface area contributed by atoms with Crippen molar-refractivity contribution in [3.05, 3.63) is 60.6 Å². The van der Waals surface area contributed by atoms with Gasteiger partial charge in [-0.15, -0.1) is 0 Å². The molecule has 18 heavy (non-hydrogen) atoms. The molecule has 0 radical (unpaired) electrons. The van der Waals surface area contributed by atoms with Crippen molar-refractivity contribution in [1.82, 2.24) is 9.97 Å². The molecule has 0 saturated heterocycles. The zero-order valence-corrected chi connectivity index (χ0v) is 10.0. The number of ether oxygens (including phenoxy) is 1. The van der Waals surface area contributed by atoms with Crippen molar-refractivity contribution in [3.8, 4) is 0 Å². The Morgan fingerprint density at radius 1 is 1.17 bits per heavy atom. The van der Waals surface area contributed by atoms with Crippen LogP contribution in [0.3, 0.4) is 0 Å². The number of nitrogens with two attached hydrogens (primary N) is 1. The van der Waals surface area contributed by atoms with Crippen molar-refractivity contribution in [2.24, 2.45) is 0 Å². The van der Waals surface area contributed by atoms with Crippen LogP contribution in [0, 0.1) is 0 Å². The number of hydrogen-bond acceptors (Lipinski definition) is 4. The van der Waals surface area contributed by atoms with E-state index in [-0.39, 0.29) is 0 Å². The first kappa shape index (κ1) is 12.3. The average molecular weight is 241 g/mol. The summed E-state index contributed by atoms with van der Waals surface area (Å²) in [5.74, 6) is 0.400. The molecule has 0 atom stereocenters. The van der Waals surface area contributed by atoms with Crippen molar-refractivity contribution >= 4 is 11.4 Å². The third-order valence-electron chi connectivity index (χ3n) is 2.42. The molecule has 0 aliphatic carbocycles. The van der Waals surface area contributed by atoms with E-state index in [0.717, 1.165) is 11.1 Å². The van der Waals surface area contributed by atoms with Gasteiger partial charge < -0.3 is 10.5 Å². The van der Waals surface area contributed by atoms with Crippen LogP contribution in [-0.4, -0.2) is 16.6 Å². The van der Waals surface area contributed by atoms with Gasteiger partial charge in [0.1, 0.15) is 5.82 Å². The molecule has 92 valence electrons. The highest BCUT2D eigenvalue weighted by Gasteiger charge is 2.01. The van der Waals surface area contributed by atoms with E-state index in [2.05, 4.69) is 16.5 Å². The number of nitrogens with zero attached hydrogens (tertiary/aromatic N) is 2. The van der Waals surface area contributed by atoms with Gasteiger partial charge in [-0.05, 0) is 11.1 Å². The fourth-order valence-corrected chi connectivity index (χ4v) is 1.46. The van der Waals surface area contributed by atoms with Gasteiger partial charge in [0, 0.05) is 0 Å². The van der Waals surface area contributed by atoms with E-state index in [4.69, 9.17) is 10.5 Å². The largest absolute Gasteiger partial charge is 0.382 e. The lowest BCUT2D eigenvalue weighted by molar-refractivity contribution is 0.153. The van der Waals surface area contributed by atoms with Crippen LogP contribution in [0.5, 0.6) is 0 Å². The summed E-state index contributed by atoms with van der Waals surface area (Å²) in [6, 6.07) is 9.99. The summed E-state index contributed by atoms with van der Waals surface area (Å²) in [7, 11) is 0. The van der Waals surface area contributed by atoms with Gasteiger partial charge in [0.15, 0.2) is 0 Å². The molecule has 0 spiro atoms. The number of nitrogen functional groups attached to an aromatic ring is 1. The average Bonchev–Trinajstić information content (AvgIpc) is 2.40. The maximum atomic E-state index is 5.57. The smallest absolute Gasteiger partial charge is 0.141 e. The fourth-order valence-electron chi connectivity index (χ4n) is 1.46. The lowest BCUT2D eigenvalue weighted by Gasteiger charge is -2.06. The highest BCUT2D eigenvalue weighted by molar-refractivity contribution is 5.60. The number of hydrogen-bond donors (Lipinski definition) is 1. The second-order valence-electron chi connectivity index (χ2n) is 3.91. The highest BCUT2D eigenvalue weighted by Crippen LogP contribution is 2.10. The Morgan fingerprint density at radius 2 is 1.94 bits per heavy atom. The van der Waals surface area contributed by atoms with Crippen molar-refractivity contribution in [3.63, 3.8) is 0 Å². The van der Waals surface area contributed by atoms with Crippen LogP contribution in [0.25, 0.3) is 5.57 Å². The summed E-state index contributed by atoms with van der Waals surface area (Å²) in [6.45, 7) is 4.90. The van der Waals surface area contributed by atoms with E-state index in [0.29, 0.717) is 24.7 Å². The van der Waals surface area contributed by atoms with E-state index in [1.807, 2.05) is 30.3 Å². The van der Waals surface area contributed by atoms with E-state index in [1.54, 1.807) is 6.20 Å². The van der Waals surface area contributed by atoms with Gasteiger partial charge in [-0.1, -0.05) is 36.9 Å². The first-order valence-electron chi connectivity index (χ1n) is 5.63. The SMILES string of the molecule is C=C(COCc1ccccc1)c1cnc(N)cn1. The van der Waals surface area contributed by atoms with Crippen molar-refractivity contribution in [1.29, 1.82) is 0 Å². The van der Waals surface area contributed by atoms with Gasteiger partial charge in [0.2, 0.25) is 0 Å². The maximum Gasteiger partial charge on any atom is 0.141 e. The van der Waals surface area contributed by atoms with Crippen LogP contribution in [0.2, 0.25) is 0 Å². The van der Waals surface area contributed by atoms with Crippen LogP contribution in [0.15, 0.2) is 49.3 Å². The molecule has 0 bridgehead atoms. The molecular weight excluding hydrogens is 226 g/mol. The third-order valence-corrected chi connectivity index (χ3v) is 2.42. The van der Waals surface area contributed by atoms with Gasteiger partial charge in [-0.2, -0.15) is 0 Å². The standard InChI is InChI=1S/C14H15N3O/c1-11(13-7-17-14(15)8-16-13)9-18-10-12-5-3-2-4-6-12/h2-8H,1,9-10H2,(H2,15,17). The molecule has 1 aromatic carbocycles. The van der Waals surface area contributed by atoms with Gasteiger partial charge in [0.05, 0.1) is 31.3 Å². The van der Waals surface area contributed by atoms with E-state index in [1.165, 1.54) is 6.20 Å². The van der Waals surface area contributed by atoms with Gasteiger partial charge >= 0.3 is 0 Å². The van der Waals surface area contributed by atoms with E-state index < -0.39 is 0 Å². The molecule has 2 aromatic rings. The minimum Gasteiger partial charge on any atom is -0.382 e. The predicted octanol–water partition coefficient (Wildman–Crippen LogP) is 2.29. The highest BCUT2D eigenvalue weighted by atomic mass is 16.5. The molecule has 4 nitrogen and oxygen atoms in total. The number of anilines is 1. The molecule has 0 amide bonds. The lowest BCUT2D eigenvalue weighted by atomic mass is 10.2. The Labute approximate surface area is 106 Å². The summed E-state index contributed by atoms with van der Waals surface area (Å²) in [6.07, 6.45) is 3.11. The van der Waals surface area contributed by atoms with Crippen LogP contribution in [-0.2, 0) is 11.3 Å². The Balaban J connectivity index is 1.84. The molecule has 0 saturated carbocycles. The van der Waals surface area contributed by atoms with Crippen LogP contribution in [0.4, 0.5) is 5.82 Å². The normalized spacial score (nSPS) is 10.2. The number of rotatable bonds is 5. The molecular formula is C14H15N3O. The summed E-state index contributed by atoms with van der Waals surface area (Å²) in [4.78, 5) is 8.10. The molecule has 2 N–H and O–H groups in total.